The SMILES string of the molecule is COc1ccc(-c2cc(CS)nn2C)c(OC)c1. The highest BCUT2D eigenvalue weighted by Crippen LogP contribution is 2.33. The van der Waals surface area contributed by atoms with E-state index in [2.05, 4.69) is 17.7 Å². The van der Waals surface area contributed by atoms with E-state index < -0.39 is 0 Å². The van der Waals surface area contributed by atoms with Crippen LogP contribution in [-0.2, 0) is 12.8 Å². The molecule has 5 heteroatoms. The maximum atomic E-state index is 5.40. The van der Waals surface area contributed by atoms with Crippen molar-refractivity contribution in [1.82, 2.24) is 9.78 Å². The molecular formula is C13H16N2O2S. The van der Waals surface area contributed by atoms with Crippen LogP contribution in [0.5, 0.6) is 11.5 Å². The van der Waals surface area contributed by atoms with E-state index >= 15 is 0 Å². The van der Waals surface area contributed by atoms with E-state index in [1.807, 2.05) is 36.0 Å². The molecule has 0 fully saturated rings. The van der Waals surface area contributed by atoms with E-state index in [1.165, 1.54) is 0 Å². The zero-order valence-corrected chi connectivity index (χ0v) is 11.6. The first-order chi connectivity index (χ1) is 8.69. The van der Waals surface area contributed by atoms with Gasteiger partial charge in [-0.05, 0) is 18.2 Å². The van der Waals surface area contributed by atoms with Gasteiger partial charge in [0.2, 0.25) is 0 Å². The third-order valence-electron chi connectivity index (χ3n) is 2.78. The van der Waals surface area contributed by atoms with E-state index in [0.717, 1.165) is 28.5 Å². The highest BCUT2D eigenvalue weighted by molar-refractivity contribution is 7.79. The van der Waals surface area contributed by atoms with Gasteiger partial charge in [0, 0.05) is 24.4 Å². The summed E-state index contributed by atoms with van der Waals surface area (Å²) in [6.45, 7) is 0. The summed E-state index contributed by atoms with van der Waals surface area (Å²) in [5, 5.41) is 4.38. The molecule has 0 aliphatic heterocycles. The Balaban J connectivity index is 2.52. The van der Waals surface area contributed by atoms with E-state index in [1.54, 1.807) is 14.2 Å². The fraction of sp³-hybridized carbons (Fsp3) is 0.308. The third kappa shape index (κ3) is 2.31. The molecular weight excluding hydrogens is 248 g/mol. The Labute approximate surface area is 112 Å². The summed E-state index contributed by atoms with van der Waals surface area (Å²) in [6.07, 6.45) is 0. The number of benzene rings is 1. The van der Waals surface area contributed by atoms with Crippen LogP contribution in [0.3, 0.4) is 0 Å². The van der Waals surface area contributed by atoms with Gasteiger partial charge in [-0.1, -0.05) is 0 Å². The van der Waals surface area contributed by atoms with Crippen molar-refractivity contribution < 1.29 is 9.47 Å². The van der Waals surface area contributed by atoms with Crippen molar-refractivity contribution in [3.8, 4) is 22.8 Å². The van der Waals surface area contributed by atoms with E-state index in [9.17, 15) is 0 Å². The summed E-state index contributed by atoms with van der Waals surface area (Å²) in [4.78, 5) is 0. The molecule has 1 aromatic heterocycles. The molecule has 0 spiro atoms. The Morgan fingerprint density at radius 3 is 2.56 bits per heavy atom. The molecule has 0 saturated heterocycles. The molecule has 1 aromatic carbocycles. The third-order valence-corrected chi connectivity index (χ3v) is 3.10. The minimum Gasteiger partial charge on any atom is -0.497 e. The van der Waals surface area contributed by atoms with Crippen molar-refractivity contribution in [3.05, 3.63) is 30.0 Å². The topological polar surface area (TPSA) is 36.3 Å². The number of aromatic nitrogens is 2. The standard InChI is InChI=1S/C13H16N2O2S/c1-15-12(6-9(8-18)14-15)11-5-4-10(16-2)7-13(11)17-3/h4-7,18H,8H2,1-3H3. The minimum atomic E-state index is 0.617. The van der Waals surface area contributed by atoms with Gasteiger partial charge in [0.15, 0.2) is 0 Å². The normalized spacial score (nSPS) is 10.4. The van der Waals surface area contributed by atoms with Crippen LogP contribution in [0, 0.1) is 0 Å². The molecule has 0 saturated carbocycles. The molecule has 2 rings (SSSR count). The monoisotopic (exact) mass is 264 g/mol. The molecule has 0 radical (unpaired) electrons. The van der Waals surface area contributed by atoms with Crippen LogP contribution in [0.4, 0.5) is 0 Å². The molecule has 0 amide bonds. The molecule has 96 valence electrons. The largest absolute Gasteiger partial charge is 0.497 e. The van der Waals surface area contributed by atoms with Crippen LogP contribution in [0.1, 0.15) is 5.69 Å². The number of hydrogen-bond donors (Lipinski definition) is 1. The number of thiol groups is 1. The van der Waals surface area contributed by atoms with Crippen LogP contribution in [-0.4, -0.2) is 24.0 Å². The summed E-state index contributed by atoms with van der Waals surface area (Å²) in [5.41, 5.74) is 2.92. The molecule has 0 N–H and O–H groups in total. The van der Waals surface area contributed by atoms with Crippen molar-refractivity contribution in [2.45, 2.75) is 5.75 Å². The lowest BCUT2D eigenvalue weighted by Gasteiger charge is -2.10. The molecule has 1 heterocycles. The first-order valence-electron chi connectivity index (χ1n) is 5.55. The van der Waals surface area contributed by atoms with Crippen molar-refractivity contribution in [1.29, 1.82) is 0 Å². The van der Waals surface area contributed by atoms with Gasteiger partial charge in [0.1, 0.15) is 11.5 Å². The van der Waals surface area contributed by atoms with Crippen LogP contribution < -0.4 is 9.47 Å². The van der Waals surface area contributed by atoms with Gasteiger partial charge in [-0.15, -0.1) is 0 Å². The Morgan fingerprint density at radius 2 is 2.00 bits per heavy atom. The molecule has 2 aromatic rings. The average Bonchev–Trinajstić information content (AvgIpc) is 2.79. The Morgan fingerprint density at radius 1 is 1.22 bits per heavy atom. The molecule has 0 atom stereocenters. The highest BCUT2D eigenvalue weighted by Gasteiger charge is 2.12. The number of methoxy groups -OCH3 is 2. The second-order valence-corrected chi connectivity index (χ2v) is 4.19. The second kappa shape index (κ2) is 5.35. The highest BCUT2D eigenvalue weighted by atomic mass is 32.1. The molecule has 0 aliphatic rings. The van der Waals surface area contributed by atoms with Gasteiger partial charge in [0.25, 0.3) is 0 Å². The lowest BCUT2D eigenvalue weighted by molar-refractivity contribution is 0.395. The Bertz CT molecular complexity index is 552. The molecule has 18 heavy (non-hydrogen) atoms. The number of rotatable bonds is 4. The number of nitrogens with zero attached hydrogens (tertiary/aromatic N) is 2. The smallest absolute Gasteiger partial charge is 0.131 e. The first-order valence-corrected chi connectivity index (χ1v) is 6.19. The van der Waals surface area contributed by atoms with Gasteiger partial charge in [0.05, 0.1) is 25.6 Å². The first kappa shape index (κ1) is 12.8. The van der Waals surface area contributed by atoms with E-state index in [0.29, 0.717) is 5.75 Å². The average molecular weight is 264 g/mol. The maximum absolute atomic E-state index is 5.40. The minimum absolute atomic E-state index is 0.617. The van der Waals surface area contributed by atoms with Crippen LogP contribution >= 0.6 is 12.6 Å². The summed E-state index contributed by atoms with van der Waals surface area (Å²) < 4.78 is 12.4. The van der Waals surface area contributed by atoms with Gasteiger partial charge < -0.3 is 9.47 Å². The fourth-order valence-corrected chi connectivity index (χ4v) is 2.02. The number of hydrogen-bond acceptors (Lipinski definition) is 4. The van der Waals surface area contributed by atoms with Gasteiger partial charge in [-0.3, -0.25) is 4.68 Å². The fourth-order valence-electron chi connectivity index (χ4n) is 1.87. The van der Waals surface area contributed by atoms with Gasteiger partial charge in [-0.2, -0.15) is 17.7 Å². The van der Waals surface area contributed by atoms with Crippen molar-refractivity contribution in [3.63, 3.8) is 0 Å². The van der Waals surface area contributed by atoms with E-state index in [4.69, 9.17) is 9.47 Å². The second-order valence-electron chi connectivity index (χ2n) is 3.87. The summed E-state index contributed by atoms with van der Waals surface area (Å²) in [5.74, 6) is 2.15. The molecule has 0 aliphatic carbocycles. The lowest BCUT2D eigenvalue weighted by Crippen LogP contribution is -1.96. The van der Waals surface area contributed by atoms with Crippen LogP contribution in [0.25, 0.3) is 11.3 Å². The van der Waals surface area contributed by atoms with E-state index in [-0.39, 0.29) is 0 Å². The Hall–Kier alpha value is -1.62. The number of aryl methyl sites for hydroxylation is 1. The summed E-state index contributed by atoms with van der Waals surface area (Å²) in [7, 11) is 5.19. The maximum Gasteiger partial charge on any atom is 0.131 e. The zero-order chi connectivity index (χ0) is 13.1. The zero-order valence-electron chi connectivity index (χ0n) is 10.7. The summed E-state index contributed by atoms with van der Waals surface area (Å²) >= 11 is 4.24. The number of ether oxygens (including phenoxy) is 2. The van der Waals surface area contributed by atoms with Gasteiger partial charge in [-0.25, -0.2) is 0 Å². The molecule has 4 nitrogen and oxygen atoms in total. The quantitative estimate of drug-likeness (QED) is 0.862. The van der Waals surface area contributed by atoms with Crippen LogP contribution in [0.15, 0.2) is 24.3 Å². The van der Waals surface area contributed by atoms with Crippen LogP contribution in [0.2, 0.25) is 0 Å². The molecule has 0 bridgehead atoms. The van der Waals surface area contributed by atoms with Crippen molar-refractivity contribution >= 4 is 12.6 Å². The predicted molar refractivity (Wildman–Crippen MR) is 74.4 cm³/mol. The summed E-state index contributed by atoms with van der Waals surface area (Å²) in [6, 6.07) is 7.75. The lowest BCUT2D eigenvalue weighted by atomic mass is 10.1. The Kier molecular flexibility index (Phi) is 3.81. The van der Waals surface area contributed by atoms with Crippen molar-refractivity contribution in [2.75, 3.05) is 14.2 Å². The predicted octanol–water partition coefficient (Wildman–Crippen LogP) is 2.53. The molecule has 0 unspecified atom stereocenters. The van der Waals surface area contributed by atoms with Gasteiger partial charge >= 0.3 is 0 Å². The van der Waals surface area contributed by atoms with Crippen molar-refractivity contribution in [2.24, 2.45) is 7.05 Å².